The smallest absolute Gasteiger partial charge is 0.259 e. The van der Waals surface area contributed by atoms with Gasteiger partial charge in [0.15, 0.2) is 0 Å². The van der Waals surface area contributed by atoms with E-state index >= 15 is 0 Å². The molecule has 0 aliphatic rings. The molecular weight excluding hydrogens is 336 g/mol. The highest BCUT2D eigenvalue weighted by atomic mass is 16.1. The van der Waals surface area contributed by atoms with Crippen LogP contribution in [0.3, 0.4) is 0 Å². The number of para-hydroxylation sites is 1. The Balaban J connectivity index is 1.69. The number of hydrogen-bond acceptors (Lipinski definition) is 3. The molecule has 1 amide bonds. The molecule has 4 aromatic rings. The van der Waals surface area contributed by atoms with Gasteiger partial charge in [-0.3, -0.25) is 14.5 Å². The van der Waals surface area contributed by atoms with E-state index in [0.717, 1.165) is 16.8 Å². The average Bonchev–Trinajstić information content (AvgIpc) is 3.14. The maximum absolute atomic E-state index is 12.9. The molecule has 0 radical (unpaired) electrons. The SMILES string of the molecule is O=C(Nc1ccccc1)c1cn(Cc2ccccc2)nc1-c1cccnc1. The van der Waals surface area contributed by atoms with Crippen LogP contribution in [-0.2, 0) is 6.54 Å². The summed E-state index contributed by atoms with van der Waals surface area (Å²) < 4.78 is 1.79. The molecule has 1 N–H and O–H groups in total. The number of carbonyl (C=O) groups is 1. The second-order valence-electron chi connectivity index (χ2n) is 6.14. The van der Waals surface area contributed by atoms with Crippen LogP contribution in [0.1, 0.15) is 15.9 Å². The lowest BCUT2D eigenvalue weighted by Gasteiger charge is -2.05. The number of aromatic nitrogens is 3. The molecule has 0 saturated heterocycles. The summed E-state index contributed by atoms with van der Waals surface area (Å²) in [4.78, 5) is 17.0. The number of anilines is 1. The van der Waals surface area contributed by atoms with Crippen LogP contribution in [-0.4, -0.2) is 20.7 Å². The quantitative estimate of drug-likeness (QED) is 0.583. The van der Waals surface area contributed by atoms with Gasteiger partial charge in [-0.25, -0.2) is 0 Å². The van der Waals surface area contributed by atoms with Crippen LogP contribution in [0.5, 0.6) is 0 Å². The van der Waals surface area contributed by atoms with E-state index in [1.807, 2.05) is 72.8 Å². The normalized spacial score (nSPS) is 10.5. The number of nitrogens with zero attached hydrogens (tertiary/aromatic N) is 3. The highest BCUT2D eigenvalue weighted by Gasteiger charge is 2.18. The molecule has 0 saturated carbocycles. The monoisotopic (exact) mass is 354 g/mol. The fourth-order valence-electron chi connectivity index (χ4n) is 2.87. The van der Waals surface area contributed by atoms with Crippen molar-refractivity contribution in [2.75, 3.05) is 5.32 Å². The van der Waals surface area contributed by atoms with Gasteiger partial charge in [-0.15, -0.1) is 0 Å². The molecule has 5 heteroatoms. The van der Waals surface area contributed by atoms with Crippen molar-refractivity contribution in [3.63, 3.8) is 0 Å². The molecule has 132 valence electrons. The highest BCUT2D eigenvalue weighted by Crippen LogP contribution is 2.23. The van der Waals surface area contributed by atoms with Crippen molar-refractivity contribution < 1.29 is 4.79 Å². The number of rotatable bonds is 5. The van der Waals surface area contributed by atoms with E-state index in [-0.39, 0.29) is 5.91 Å². The van der Waals surface area contributed by atoms with Crippen LogP contribution in [0.4, 0.5) is 5.69 Å². The van der Waals surface area contributed by atoms with Gasteiger partial charge >= 0.3 is 0 Å². The fraction of sp³-hybridized carbons (Fsp3) is 0.0455. The van der Waals surface area contributed by atoms with E-state index in [1.54, 1.807) is 23.3 Å². The van der Waals surface area contributed by atoms with Crippen LogP contribution in [0.25, 0.3) is 11.3 Å². The summed E-state index contributed by atoms with van der Waals surface area (Å²) >= 11 is 0. The maximum atomic E-state index is 12.9. The zero-order chi connectivity index (χ0) is 18.5. The number of amides is 1. The first-order valence-corrected chi connectivity index (χ1v) is 8.68. The first-order valence-electron chi connectivity index (χ1n) is 8.68. The Kier molecular flexibility index (Phi) is 4.74. The minimum Gasteiger partial charge on any atom is -0.322 e. The first kappa shape index (κ1) is 16.7. The molecule has 2 aromatic carbocycles. The molecule has 0 unspecified atom stereocenters. The second kappa shape index (κ2) is 7.66. The average molecular weight is 354 g/mol. The minimum absolute atomic E-state index is 0.195. The Morgan fingerprint density at radius 2 is 1.67 bits per heavy atom. The van der Waals surface area contributed by atoms with Crippen molar-refractivity contribution in [2.24, 2.45) is 0 Å². The molecule has 0 aliphatic heterocycles. The standard InChI is InChI=1S/C22H18N4O/c27-22(24-19-11-5-2-6-12-19)20-16-26(15-17-8-3-1-4-9-17)25-21(20)18-10-7-13-23-14-18/h1-14,16H,15H2,(H,24,27). The van der Waals surface area contributed by atoms with Gasteiger partial charge in [0.1, 0.15) is 5.69 Å². The van der Waals surface area contributed by atoms with Crippen LogP contribution >= 0.6 is 0 Å². The van der Waals surface area contributed by atoms with Gasteiger partial charge in [-0.2, -0.15) is 5.10 Å². The molecule has 4 rings (SSSR count). The summed E-state index contributed by atoms with van der Waals surface area (Å²) in [5.74, 6) is -0.195. The summed E-state index contributed by atoms with van der Waals surface area (Å²) in [7, 11) is 0. The molecule has 5 nitrogen and oxygen atoms in total. The van der Waals surface area contributed by atoms with Crippen molar-refractivity contribution >= 4 is 11.6 Å². The molecule has 0 fully saturated rings. The van der Waals surface area contributed by atoms with Crippen molar-refractivity contribution in [3.8, 4) is 11.3 Å². The van der Waals surface area contributed by atoms with E-state index in [0.29, 0.717) is 17.8 Å². The Hall–Kier alpha value is -3.73. The van der Waals surface area contributed by atoms with Gasteiger partial charge in [0.2, 0.25) is 0 Å². The highest BCUT2D eigenvalue weighted by molar-refractivity contribution is 6.08. The van der Waals surface area contributed by atoms with Gasteiger partial charge in [0.25, 0.3) is 5.91 Å². The van der Waals surface area contributed by atoms with Gasteiger partial charge in [0.05, 0.1) is 12.1 Å². The maximum Gasteiger partial charge on any atom is 0.259 e. The van der Waals surface area contributed by atoms with Crippen LogP contribution < -0.4 is 5.32 Å². The molecule has 27 heavy (non-hydrogen) atoms. The zero-order valence-corrected chi connectivity index (χ0v) is 14.6. The lowest BCUT2D eigenvalue weighted by Crippen LogP contribution is -2.12. The number of nitrogens with one attached hydrogen (secondary N) is 1. The lowest BCUT2D eigenvalue weighted by molar-refractivity contribution is 0.102. The summed E-state index contributed by atoms with van der Waals surface area (Å²) in [6.45, 7) is 0.590. The van der Waals surface area contributed by atoms with Gasteiger partial charge < -0.3 is 5.32 Å². The second-order valence-corrected chi connectivity index (χ2v) is 6.14. The first-order chi connectivity index (χ1) is 13.3. The number of benzene rings is 2. The van der Waals surface area contributed by atoms with Crippen molar-refractivity contribution in [1.29, 1.82) is 0 Å². The predicted molar refractivity (Wildman–Crippen MR) is 105 cm³/mol. The van der Waals surface area contributed by atoms with E-state index < -0.39 is 0 Å². The summed E-state index contributed by atoms with van der Waals surface area (Å²) in [6, 6.07) is 23.2. The Morgan fingerprint density at radius 3 is 2.37 bits per heavy atom. The van der Waals surface area contributed by atoms with Crippen LogP contribution in [0.15, 0.2) is 91.4 Å². The zero-order valence-electron chi connectivity index (χ0n) is 14.6. The molecule has 2 aromatic heterocycles. The van der Waals surface area contributed by atoms with Crippen molar-refractivity contribution in [1.82, 2.24) is 14.8 Å². The van der Waals surface area contributed by atoms with Crippen molar-refractivity contribution in [2.45, 2.75) is 6.54 Å². The van der Waals surface area contributed by atoms with Crippen LogP contribution in [0, 0.1) is 0 Å². The van der Waals surface area contributed by atoms with E-state index in [9.17, 15) is 4.79 Å². The van der Waals surface area contributed by atoms with Crippen LogP contribution in [0.2, 0.25) is 0 Å². The summed E-state index contributed by atoms with van der Waals surface area (Å²) in [5.41, 5.74) is 3.81. The summed E-state index contributed by atoms with van der Waals surface area (Å²) in [6.07, 6.45) is 5.20. The minimum atomic E-state index is -0.195. The predicted octanol–water partition coefficient (Wildman–Crippen LogP) is 4.25. The Labute approximate surface area is 157 Å². The molecule has 2 heterocycles. The summed E-state index contributed by atoms with van der Waals surface area (Å²) in [5, 5.41) is 7.59. The van der Waals surface area contributed by atoms with E-state index in [1.165, 1.54) is 0 Å². The molecule has 0 bridgehead atoms. The topological polar surface area (TPSA) is 59.8 Å². The lowest BCUT2D eigenvalue weighted by atomic mass is 10.1. The third-order valence-electron chi connectivity index (χ3n) is 4.16. The van der Waals surface area contributed by atoms with E-state index in [2.05, 4.69) is 15.4 Å². The van der Waals surface area contributed by atoms with Gasteiger partial charge in [-0.1, -0.05) is 48.5 Å². The molecule has 0 atom stereocenters. The fourth-order valence-corrected chi connectivity index (χ4v) is 2.87. The molecule has 0 spiro atoms. The largest absolute Gasteiger partial charge is 0.322 e. The van der Waals surface area contributed by atoms with Gasteiger partial charge in [-0.05, 0) is 29.8 Å². The number of carbonyl (C=O) groups excluding carboxylic acids is 1. The number of pyridine rings is 1. The Morgan fingerprint density at radius 1 is 0.926 bits per heavy atom. The number of hydrogen-bond donors (Lipinski definition) is 1. The Bertz CT molecular complexity index is 1030. The van der Waals surface area contributed by atoms with E-state index in [4.69, 9.17) is 0 Å². The van der Waals surface area contributed by atoms with Crippen molar-refractivity contribution in [3.05, 3.63) is 103 Å². The molecular formula is C22H18N4O. The third kappa shape index (κ3) is 3.93. The third-order valence-corrected chi connectivity index (χ3v) is 4.16. The molecule has 0 aliphatic carbocycles. The van der Waals surface area contributed by atoms with Gasteiger partial charge in [0, 0.05) is 29.8 Å².